The molecular weight excluding hydrogens is 387 g/mol. The van der Waals surface area contributed by atoms with E-state index in [9.17, 15) is 0 Å². The van der Waals surface area contributed by atoms with Crippen LogP contribution in [0.25, 0.3) is 0 Å². The minimum atomic E-state index is 0.0658. The Hall–Kier alpha value is -0.660. The molecule has 0 saturated heterocycles. The van der Waals surface area contributed by atoms with E-state index in [1.54, 1.807) is 0 Å². The fourth-order valence-corrected chi connectivity index (χ4v) is 2.69. The van der Waals surface area contributed by atoms with Gasteiger partial charge in [-0.2, -0.15) is 0 Å². The lowest BCUT2D eigenvalue weighted by Gasteiger charge is -2.19. The molecular formula is C14H18ClIN4. The Morgan fingerprint density at radius 3 is 2.85 bits per heavy atom. The van der Waals surface area contributed by atoms with Crippen molar-refractivity contribution in [1.82, 2.24) is 20.3 Å². The van der Waals surface area contributed by atoms with Crippen molar-refractivity contribution in [2.24, 2.45) is 0 Å². The number of aryl methyl sites for hydroxylation is 1. The molecule has 1 N–H and O–H groups in total. The monoisotopic (exact) mass is 404 g/mol. The molecule has 2 rings (SSSR count). The number of hydrogen-bond acceptors (Lipinski definition) is 3. The average Bonchev–Trinajstić information content (AvgIpc) is 2.88. The number of rotatable bonds is 6. The molecule has 0 saturated carbocycles. The zero-order valence-corrected chi connectivity index (χ0v) is 14.5. The maximum Gasteiger partial charge on any atom is 0.0802 e. The first kappa shape index (κ1) is 15.7. The van der Waals surface area contributed by atoms with Gasteiger partial charge in [0.25, 0.3) is 0 Å². The van der Waals surface area contributed by atoms with Gasteiger partial charge in [-0.3, -0.25) is 0 Å². The van der Waals surface area contributed by atoms with Crippen molar-refractivity contribution in [1.29, 1.82) is 0 Å². The van der Waals surface area contributed by atoms with Crippen molar-refractivity contribution < 1.29 is 0 Å². The molecule has 0 radical (unpaired) electrons. The number of halogens is 2. The lowest BCUT2D eigenvalue weighted by Crippen LogP contribution is -2.25. The third-order valence-electron chi connectivity index (χ3n) is 3.06. The van der Waals surface area contributed by atoms with Crippen molar-refractivity contribution in [3.8, 4) is 0 Å². The zero-order chi connectivity index (χ0) is 14.5. The van der Waals surface area contributed by atoms with Gasteiger partial charge >= 0.3 is 0 Å². The van der Waals surface area contributed by atoms with Crippen LogP contribution < -0.4 is 5.32 Å². The molecule has 20 heavy (non-hydrogen) atoms. The molecule has 0 aliphatic rings. The predicted molar refractivity (Wildman–Crippen MR) is 90.0 cm³/mol. The van der Waals surface area contributed by atoms with Crippen LogP contribution in [0.2, 0.25) is 5.02 Å². The smallest absolute Gasteiger partial charge is 0.0802 e. The molecule has 108 valence electrons. The molecule has 0 amide bonds. The third kappa shape index (κ3) is 3.51. The fraction of sp³-hybridized carbons (Fsp3) is 0.429. The van der Waals surface area contributed by atoms with Gasteiger partial charge in [-0.25, -0.2) is 4.68 Å². The standard InChI is InChI=1S/C14H18ClIN4/c1-3-7-20-13(9-18-19-20)14(17-4-2)10-5-6-12(16)11(15)8-10/h5-6,8-9,14,17H,3-4,7H2,1-2H3. The lowest BCUT2D eigenvalue weighted by molar-refractivity contribution is 0.511. The van der Waals surface area contributed by atoms with Crippen molar-refractivity contribution in [3.63, 3.8) is 0 Å². The van der Waals surface area contributed by atoms with Gasteiger partial charge in [-0.05, 0) is 53.3 Å². The second-order valence-corrected chi connectivity index (χ2v) is 6.12. The maximum atomic E-state index is 6.25. The summed E-state index contributed by atoms with van der Waals surface area (Å²) in [6.45, 7) is 5.96. The van der Waals surface area contributed by atoms with E-state index in [-0.39, 0.29) is 6.04 Å². The molecule has 0 spiro atoms. The molecule has 6 heteroatoms. The Bertz CT molecular complexity index is 570. The first-order chi connectivity index (χ1) is 9.67. The van der Waals surface area contributed by atoms with Gasteiger partial charge in [0.2, 0.25) is 0 Å². The van der Waals surface area contributed by atoms with Gasteiger partial charge in [0, 0.05) is 10.1 Å². The van der Waals surface area contributed by atoms with Gasteiger partial charge in [0.05, 0.1) is 23.0 Å². The molecule has 1 unspecified atom stereocenters. The van der Waals surface area contributed by atoms with Crippen LogP contribution >= 0.6 is 34.2 Å². The number of nitrogens with zero attached hydrogens (tertiary/aromatic N) is 3. The van der Waals surface area contributed by atoms with E-state index in [1.165, 1.54) is 0 Å². The largest absolute Gasteiger partial charge is 0.305 e. The zero-order valence-electron chi connectivity index (χ0n) is 11.6. The Labute approximate surface area is 138 Å². The summed E-state index contributed by atoms with van der Waals surface area (Å²) in [6, 6.07) is 6.22. The number of benzene rings is 1. The maximum absolute atomic E-state index is 6.25. The topological polar surface area (TPSA) is 42.7 Å². The van der Waals surface area contributed by atoms with Crippen LogP contribution in [-0.4, -0.2) is 21.5 Å². The van der Waals surface area contributed by atoms with E-state index in [0.29, 0.717) is 0 Å². The normalized spacial score (nSPS) is 12.6. The van der Waals surface area contributed by atoms with Crippen LogP contribution in [-0.2, 0) is 6.54 Å². The highest BCUT2D eigenvalue weighted by atomic mass is 127. The first-order valence-corrected chi connectivity index (χ1v) is 8.19. The number of aromatic nitrogens is 3. The predicted octanol–water partition coefficient (Wildman–Crippen LogP) is 3.65. The quantitative estimate of drug-likeness (QED) is 0.748. The Morgan fingerprint density at radius 1 is 1.40 bits per heavy atom. The van der Waals surface area contributed by atoms with E-state index in [2.05, 4.69) is 58.1 Å². The summed E-state index contributed by atoms with van der Waals surface area (Å²) in [5.41, 5.74) is 2.21. The van der Waals surface area contributed by atoms with Crippen molar-refractivity contribution in [3.05, 3.63) is 44.2 Å². The van der Waals surface area contributed by atoms with E-state index in [4.69, 9.17) is 11.6 Å². The fourth-order valence-electron chi connectivity index (χ4n) is 2.16. The van der Waals surface area contributed by atoms with Crippen LogP contribution in [0.5, 0.6) is 0 Å². The van der Waals surface area contributed by atoms with Crippen LogP contribution in [0.4, 0.5) is 0 Å². The number of hydrogen-bond donors (Lipinski definition) is 1. The summed E-state index contributed by atoms with van der Waals surface area (Å²) in [5, 5.41) is 12.5. The highest BCUT2D eigenvalue weighted by Gasteiger charge is 2.18. The summed E-state index contributed by atoms with van der Waals surface area (Å²) < 4.78 is 3.02. The second-order valence-electron chi connectivity index (χ2n) is 4.55. The SMILES string of the molecule is CCCn1nncc1C(NCC)c1ccc(I)c(Cl)c1. The number of nitrogens with one attached hydrogen (secondary N) is 1. The Morgan fingerprint density at radius 2 is 2.20 bits per heavy atom. The lowest BCUT2D eigenvalue weighted by atomic mass is 10.0. The molecule has 2 aromatic rings. The van der Waals surface area contributed by atoms with E-state index in [0.717, 1.165) is 39.4 Å². The highest BCUT2D eigenvalue weighted by molar-refractivity contribution is 14.1. The van der Waals surface area contributed by atoms with E-state index < -0.39 is 0 Å². The summed E-state index contributed by atoms with van der Waals surface area (Å²) in [5.74, 6) is 0. The van der Waals surface area contributed by atoms with Gasteiger partial charge in [0.1, 0.15) is 0 Å². The molecule has 1 aromatic heterocycles. The van der Waals surface area contributed by atoms with Crippen molar-refractivity contribution in [2.45, 2.75) is 32.9 Å². The average molecular weight is 405 g/mol. The highest BCUT2D eigenvalue weighted by Crippen LogP contribution is 2.27. The molecule has 1 atom stereocenters. The molecule has 0 aliphatic heterocycles. The molecule has 0 aliphatic carbocycles. The minimum absolute atomic E-state index is 0.0658. The van der Waals surface area contributed by atoms with E-state index in [1.807, 2.05) is 23.0 Å². The molecule has 0 fully saturated rings. The van der Waals surface area contributed by atoms with Gasteiger partial charge in [-0.1, -0.05) is 36.7 Å². The van der Waals surface area contributed by atoms with Crippen molar-refractivity contribution >= 4 is 34.2 Å². The molecule has 4 nitrogen and oxygen atoms in total. The van der Waals surface area contributed by atoms with Gasteiger partial charge in [-0.15, -0.1) is 5.10 Å². The van der Waals surface area contributed by atoms with Gasteiger partial charge in [0.15, 0.2) is 0 Å². The first-order valence-electron chi connectivity index (χ1n) is 6.74. The molecule has 0 bridgehead atoms. The van der Waals surface area contributed by atoms with Crippen LogP contribution in [0.15, 0.2) is 24.4 Å². The minimum Gasteiger partial charge on any atom is -0.305 e. The Balaban J connectivity index is 2.39. The van der Waals surface area contributed by atoms with Crippen LogP contribution in [0.3, 0.4) is 0 Å². The summed E-state index contributed by atoms with van der Waals surface area (Å²) in [6.07, 6.45) is 2.86. The third-order valence-corrected chi connectivity index (χ3v) is 4.64. The Kier molecular flexibility index (Phi) is 5.80. The summed E-state index contributed by atoms with van der Waals surface area (Å²) in [7, 11) is 0. The molecule has 1 aromatic carbocycles. The van der Waals surface area contributed by atoms with Crippen LogP contribution in [0.1, 0.15) is 37.6 Å². The summed E-state index contributed by atoms with van der Waals surface area (Å²) in [4.78, 5) is 0. The second kappa shape index (κ2) is 7.38. The van der Waals surface area contributed by atoms with Gasteiger partial charge < -0.3 is 5.32 Å². The van der Waals surface area contributed by atoms with E-state index >= 15 is 0 Å². The molecule has 1 heterocycles. The summed E-state index contributed by atoms with van der Waals surface area (Å²) >= 11 is 8.48. The van der Waals surface area contributed by atoms with Crippen molar-refractivity contribution in [2.75, 3.05) is 6.54 Å². The van der Waals surface area contributed by atoms with Crippen LogP contribution in [0, 0.1) is 3.57 Å².